The lowest BCUT2D eigenvalue weighted by molar-refractivity contribution is -0.132. The van der Waals surface area contributed by atoms with Gasteiger partial charge in [0.05, 0.1) is 6.42 Å². The van der Waals surface area contributed by atoms with E-state index in [1.54, 1.807) is 0 Å². The van der Waals surface area contributed by atoms with Crippen LogP contribution in [0.15, 0.2) is 18.2 Å². The highest BCUT2D eigenvalue weighted by atomic mass is 79.9. The van der Waals surface area contributed by atoms with Crippen LogP contribution in [0, 0.1) is 19.8 Å². The third kappa shape index (κ3) is 4.08. The molecule has 0 saturated carbocycles. The molecule has 110 valence electrons. The number of amides is 1. The maximum Gasteiger partial charge on any atom is 0.227 e. The lowest BCUT2D eigenvalue weighted by Crippen LogP contribution is -2.40. The number of hydrogen-bond donors (Lipinski definition) is 0. The van der Waals surface area contributed by atoms with Gasteiger partial charge in [0, 0.05) is 18.4 Å². The van der Waals surface area contributed by atoms with E-state index >= 15 is 0 Å². The second kappa shape index (κ2) is 7.26. The molecule has 1 saturated heterocycles. The second-order valence-electron chi connectivity index (χ2n) is 5.93. The molecule has 0 N–H and O–H groups in total. The van der Waals surface area contributed by atoms with Gasteiger partial charge in [-0.15, -0.1) is 0 Å². The number of nitrogens with zero attached hydrogens (tertiary/aromatic N) is 1. The van der Waals surface area contributed by atoms with Crippen molar-refractivity contribution in [3.8, 4) is 0 Å². The van der Waals surface area contributed by atoms with Crippen LogP contribution < -0.4 is 0 Å². The summed E-state index contributed by atoms with van der Waals surface area (Å²) in [7, 11) is 0. The largest absolute Gasteiger partial charge is 0.342 e. The molecule has 1 aliphatic rings. The summed E-state index contributed by atoms with van der Waals surface area (Å²) >= 11 is 3.51. The van der Waals surface area contributed by atoms with Crippen molar-refractivity contribution in [2.24, 2.45) is 5.92 Å². The van der Waals surface area contributed by atoms with Crippen LogP contribution in [0.25, 0.3) is 0 Å². The van der Waals surface area contributed by atoms with E-state index in [0.29, 0.717) is 12.3 Å². The van der Waals surface area contributed by atoms with Gasteiger partial charge in [-0.05, 0) is 50.2 Å². The molecule has 2 rings (SSSR count). The smallest absolute Gasteiger partial charge is 0.227 e. The number of carbonyl (C=O) groups is 1. The highest BCUT2D eigenvalue weighted by Crippen LogP contribution is 2.21. The van der Waals surface area contributed by atoms with Gasteiger partial charge in [-0.3, -0.25) is 4.79 Å². The van der Waals surface area contributed by atoms with Crippen LogP contribution >= 0.6 is 15.9 Å². The van der Waals surface area contributed by atoms with Gasteiger partial charge in [-0.25, -0.2) is 0 Å². The second-order valence-corrected chi connectivity index (χ2v) is 6.73. The summed E-state index contributed by atoms with van der Waals surface area (Å²) in [5.41, 5.74) is 3.63. The fourth-order valence-electron chi connectivity index (χ4n) is 2.95. The Morgan fingerprint density at radius 2 is 2.20 bits per heavy atom. The van der Waals surface area contributed by atoms with Gasteiger partial charge in [0.25, 0.3) is 0 Å². The molecule has 1 heterocycles. The SMILES string of the molecule is Cc1ccc(C)c(CC(=O)N2CCCC(CCBr)C2)c1. The van der Waals surface area contributed by atoms with E-state index in [1.807, 2.05) is 0 Å². The van der Waals surface area contributed by atoms with Gasteiger partial charge < -0.3 is 4.90 Å². The zero-order valence-corrected chi connectivity index (χ0v) is 14.1. The summed E-state index contributed by atoms with van der Waals surface area (Å²) in [6.07, 6.45) is 4.14. The van der Waals surface area contributed by atoms with E-state index in [2.05, 4.69) is 52.9 Å². The van der Waals surface area contributed by atoms with Crippen LogP contribution in [-0.4, -0.2) is 29.2 Å². The summed E-state index contributed by atoms with van der Waals surface area (Å²) in [5.74, 6) is 0.962. The van der Waals surface area contributed by atoms with Crippen LogP contribution in [-0.2, 0) is 11.2 Å². The van der Waals surface area contributed by atoms with E-state index in [1.165, 1.54) is 29.5 Å². The molecular formula is C17H24BrNO. The number of aryl methyl sites for hydroxylation is 2. The first-order valence-corrected chi connectivity index (χ1v) is 8.62. The molecule has 0 aliphatic carbocycles. The summed E-state index contributed by atoms with van der Waals surface area (Å²) in [5, 5.41) is 1.04. The predicted molar refractivity (Wildman–Crippen MR) is 87.3 cm³/mol. The van der Waals surface area contributed by atoms with Crippen LogP contribution in [0.1, 0.15) is 36.0 Å². The van der Waals surface area contributed by atoms with Gasteiger partial charge in [0.1, 0.15) is 0 Å². The van der Waals surface area contributed by atoms with Gasteiger partial charge >= 0.3 is 0 Å². The summed E-state index contributed by atoms with van der Waals surface area (Å²) < 4.78 is 0. The molecule has 1 aromatic carbocycles. The van der Waals surface area contributed by atoms with Crippen molar-refractivity contribution in [1.29, 1.82) is 0 Å². The molecule has 0 spiro atoms. The first kappa shape index (κ1) is 15.6. The Hall–Kier alpha value is -0.830. The lowest BCUT2D eigenvalue weighted by Gasteiger charge is -2.32. The molecule has 1 fully saturated rings. The highest BCUT2D eigenvalue weighted by molar-refractivity contribution is 9.09. The average molecular weight is 338 g/mol. The maximum absolute atomic E-state index is 12.5. The van der Waals surface area contributed by atoms with Crippen LogP contribution in [0.2, 0.25) is 0 Å². The van der Waals surface area contributed by atoms with Crippen LogP contribution in [0.3, 0.4) is 0 Å². The minimum Gasteiger partial charge on any atom is -0.342 e. The number of halogens is 1. The number of alkyl halides is 1. The molecule has 2 nitrogen and oxygen atoms in total. The Morgan fingerprint density at radius 3 is 2.95 bits per heavy atom. The molecule has 0 radical (unpaired) electrons. The van der Waals surface area contributed by atoms with E-state index in [9.17, 15) is 4.79 Å². The topological polar surface area (TPSA) is 20.3 Å². The van der Waals surface area contributed by atoms with Gasteiger partial charge in [-0.2, -0.15) is 0 Å². The quantitative estimate of drug-likeness (QED) is 0.763. The zero-order valence-electron chi connectivity index (χ0n) is 12.5. The Kier molecular flexibility index (Phi) is 5.64. The lowest BCUT2D eigenvalue weighted by atomic mass is 9.95. The number of hydrogen-bond acceptors (Lipinski definition) is 1. The van der Waals surface area contributed by atoms with Crippen molar-refractivity contribution >= 4 is 21.8 Å². The average Bonchev–Trinajstić information content (AvgIpc) is 2.43. The fraction of sp³-hybridized carbons (Fsp3) is 0.588. The molecule has 3 heteroatoms. The maximum atomic E-state index is 12.5. The standard InChI is InChI=1S/C17H24BrNO/c1-13-5-6-14(2)16(10-13)11-17(20)19-9-3-4-15(12-19)7-8-18/h5-6,10,15H,3-4,7-9,11-12H2,1-2H3. The number of rotatable bonds is 4. The normalized spacial score (nSPS) is 19.1. The monoisotopic (exact) mass is 337 g/mol. The minimum atomic E-state index is 0.290. The van der Waals surface area contributed by atoms with Gasteiger partial charge in [0.2, 0.25) is 5.91 Å². The summed E-state index contributed by atoms with van der Waals surface area (Å²) in [6, 6.07) is 6.37. The Balaban J connectivity index is 1.99. The van der Waals surface area contributed by atoms with E-state index in [4.69, 9.17) is 0 Å². The van der Waals surface area contributed by atoms with E-state index in [-0.39, 0.29) is 5.91 Å². The molecule has 0 bridgehead atoms. The first-order chi connectivity index (χ1) is 9.60. The Bertz CT molecular complexity index is 470. The molecule has 1 aromatic rings. The number of benzene rings is 1. The van der Waals surface area contributed by atoms with Crippen molar-refractivity contribution in [2.75, 3.05) is 18.4 Å². The molecule has 1 atom stereocenters. The van der Waals surface area contributed by atoms with E-state index in [0.717, 1.165) is 24.8 Å². The van der Waals surface area contributed by atoms with Crippen LogP contribution in [0.4, 0.5) is 0 Å². The number of piperidine rings is 1. The van der Waals surface area contributed by atoms with Gasteiger partial charge in [0.15, 0.2) is 0 Å². The Labute approximate surface area is 130 Å². The third-order valence-corrected chi connectivity index (χ3v) is 4.69. The summed E-state index contributed by atoms with van der Waals surface area (Å²) in [4.78, 5) is 14.6. The van der Waals surface area contributed by atoms with Crippen molar-refractivity contribution in [1.82, 2.24) is 4.90 Å². The first-order valence-electron chi connectivity index (χ1n) is 7.50. The summed E-state index contributed by atoms with van der Waals surface area (Å²) in [6.45, 7) is 6.05. The van der Waals surface area contributed by atoms with Crippen LogP contribution in [0.5, 0.6) is 0 Å². The predicted octanol–water partition coefficient (Wildman–Crippen LogP) is 3.87. The molecule has 1 aliphatic heterocycles. The number of likely N-dealkylation sites (tertiary alicyclic amines) is 1. The molecular weight excluding hydrogens is 314 g/mol. The van der Waals surface area contributed by atoms with Crippen molar-refractivity contribution in [2.45, 2.75) is 39.5 Å². The highest BCUT2D eigenvalue weighted by Gasteiger charge is 2.23. The molecule has 1 amide bonds. The van der Waals surface area contributed by atoms with Crippen molar-refractivity contribution in [3.05, 3.63) is 34.9 Å². The molecule has 20 heavy (non-hydrogen) atoms. The Morgan fingerprint density at radius 1 is 1.40 bits per heavy atom. The van der Waals surface area contributed by atoms with Crippen molar-refractivity contribution < 1.29 is 4.79 Å². The molecule has 0 aromatic heterocycles. The number of carbonyl (C=O) groups excluding carboxylic acids is 1. The van der Waals surface area contributed by atoms with E-state index < -0.39 is 0 Å². The third-order valence-electron chi connectivity index (χ3n) is 4.24. The zero-order chi connectivity index (χ0) is 14.5. The fourth-order valence-corrected chi connectivity index (χ4v) is 3.59. The minimum absolute atomic E-state index is 0.290. The van der Waals surface area contributed by atoms with Crippen molar-refractivity contribution in [3.63, 3.8) is 0 Å². The molecule has 1 unspecified atom stereocenters. The van der Waals surface area contributed by atoms with Gasteiger partial charge in [-0.1, -0.05) is 39.7 Å².